The van der Waals surface area contributed by atoms with Gasteiger partial charge < -0.3 is 10.5 Å². The van der Waals surface area contributed by atoms with Gasteiger partial charge in [0, 0.05) is 5.56 Å². The quantitative estimate of drug-likeness (QED) is 0.680. The molecule has 0 fully saturated rings. The lowest BCUT2D eigenvalue weighted by molar-refractivity contribution is -0.175. The summed E-state index contributed by atoms with van der Waals surface area (Å²) < 4.78 is 58.6. The van der Waals surface area contributed by atoms with Crippen molar-refractivity contribution in [2.45, 2.75) is 25.8 Å². The average molecular weight is 279 g/mol. The van der Waals surface area contributed by atoms with Gasteiger partial charge in [-0.1, -0.05) is 6.07 Å². The number of hydrogen-bond donors (Lipinski definition) is 1. The minimum Gasteiger partial charge on any atom is -0.462 e. The van der Waals surface area contributed by atoms with E-state index in [-0.39, 0.29) is 12.2 Å². The molecule has 0 saturated heterocycles. The van der Waals surface area contributed by atoms with Gasteiger partial charge in [-0.25, -0.2) is 13.6 Å². The third kappa shape index (κ3) is 2.86. The zero-order valence-corrected chi connectivity index (χ0v) is 10.3. The van der Waals surface area contributed by atoms with E-state index in [1.54, 1.807) is 0 Å². The molecular weight excluding hydrogens is 266 g/mol. The normalized spacial score (nSPS) is 13.2. The Bertz CT molecular complexity index is 491. The number of carbonyl (C=O) groups is 1. The van der Waals surface area contributed by atoms with Crippen LogP contribution in [0.4, 0.5) is 17.6 Å². The smallest absolute Gasteiger partial charge is 0.379 e. The van der Waals surface area contributed by atoms with Gasteiger partial charge in [0.2, 0.25) is 0 Å². The summed E-state index contributed by atoms with van der Waals surface area (Å²) in [7, 11) is 0. The molecule has 2 N–H and O–H groups in total. The number of esters is 1. The molecule has 0 aliphatic rings. The molecule has 1 aromatic rings. The molecule has 0 spiro atoms. The number of carbonyl (C=O) groups excluding carboxylic acids is 1. The summed E-state index contributed by atoms with van der Waals surface area (Å²) >= 11 is 0. The molecule has 0 aromatic heterocycles. The van der Waals surface area contributed by atoms with E-state index in [0.717, 1.165) is 12.1 Å². The topological polar surface area (TPSA) is 52.3 Å². The Morgan fingerprint density at radius 2 is 2.00 bits per heavy atom. The molecule has 3 nitrogen and oxygen atoms in total. The van der Waals surface area contributed by atoms with Crippen LogP contribution in [0.3, 0.4) is 0 Å². The highest BCUT2D eigenvalue weighted by Gasteiger charge is 2.49. The molecule has 0 heterocycles. The number of hydrogen-bond acceptors (Lipinski definition) is 3. The lowest BCUT2D eigenvalue weighted by Gasteiger charge is -2.23. The van der Waals surface area contributed by atoms with Crippen molar-refractivity contribution in [2.24, 2.45) is 5.73 Å². The third-order valence-corrected chi connectivity index (χ3v) is 2.57. The number of halogens is 4. The molecule has 1 aromatic carbocycles. The number of rotatable bonds is 4. The first kappa shape index (κ1) is 15.4. The van der Waals surface area contributed by atoms with Crippen molar-refractivity contribution in [3.05, 3.63) is 34.9 Å². The number of aryl methyl sites for hydroxylation is 1. The third-order valence-electron chi connectivity index (χ3n) is 2.57. The van der Waals surface area contributed by atoms with Crippen LogP contribution in [0.5, 0.6) is 0 Å². The summed E-state index contributed by atoms with van der Waals surface area (Å²) in [4.78, 5) is 11.1. The fourth-order valence-electron chi connectivity index (χ4n) is 1.50. The fourth-order valence-corrected chi connectivity index (χ4v) is 1.50. The largest absolute Gasteiger partial charge is 0.462 e. The van der Waals surface area contributed by atoms with E-state index in [1.807, 2.05) is 0 Å². The van der Waals surface area contributed by atoms with Crippen molar-refractivity contribution in [3.8, 4) is 0 Å². The summed E-state index contributed by atoms with van der Waals surface area (Å²) in [5.41, 5.74) is 4.06. The molecule has 7 heteroatoms. The second-order valence-corrected chi connectivity index (χ2v) is 3.91. The standard InChI is InChI=1S/C12H13F4NO2/c1-3-19-11(18)12(15,16)10(17)8-7(13)5-4-6(2)9(8)14/h4-5,10H,3,17H2,1-2H3/t10-/m0/s1. The SMILES string of the molecule is CCOC(=O)C(F)(F)[C@@H](N)c1c(F)ccc(C)c1F. The second-order valence-electron chi connectivity index (χ2n) is 3.91. The van der Waals surface area contributed by atoms with Gasteiger partial charge in [-0.05, 0) is 25.5 Å². The van der Waals surface area contributed by atoms with E-state index in [2.05, 4.69) is 4.74 Å². The number of alkyl halides is 2. The van der Waals surface area contributed by atoms with E-state index in [1.165, 1.54) is 13.8 Å². The van der Waals surface area contributed by atoms with Crippen molar-refractivity contribution in [2.75, 3.05) is 6.61 Å². The highest BCUT2D eigenvalue weighted by molar-refractivity contribution is 5.79. The zero-order chi connectivity index (χ0) is 14.8. The predicted molar refractivity (Wildman–Crippen MR) is 59.6 cm³/mol. The maximum absolute atomic E-state index is 13.7. The van der Waals surface area contributed by atoms with E-state index < -0.39 is 35.1 Å². The lowest BCUT2D eigenvalue weighted by Crippen LogP contribution is -2.42. The number of ether oxygens (including phenoxy) is 1. The van der Waals surface area contributed by atoms with Gasteiger partial charge in [-0.3, -0.25) is 0 Å². The molecule has 0 saturated carbocycles. The summed E-state index contributed by atoms with van der Waals surface area (Å²) in [6.07, 6.45) is 0. The van der Waals surface area contributed by atoms with E-state index in [4.69, 9.17) is 5.73 Å². The van der Waals surface area contributed by atoms with Crippen LogP contribution in [-0.2, 0) is 9.53 Å². The monoisotopic (exact) mass is 279 g/mol. The molecule has 0 aliphatic heterocycles. The van der Waals surface area contributed by atoms with Gasteiger partial charge in [0.15, 0.2) is 0 Å². The summed E-state index contributed by atoms with van der Waals surface area (Å²) in [5, 5.41) is 0. The van der Waals surface area contributed by atoms with Gasteiger partial charge in [-0.2, -0.15) is 8.78 Å². The molecule has 1 rings (SSSR count). The highest BCUT2D eigenvalue weighted by Crippen LogP contribution is 2.34. The van der Waals surface area contributed by atoms with Gasteiger partial charge in [0.05, 0.1) is 6.61 Å². The Balaban J connectivity index is 3.23. The zero-order valence-electron chi connectivity index (χ0n) is 10.3. The Hall–Kier alpha value is -1.63. The van der Waals surface area contributed by atoms with Gasteiger partial charge in [0.1, 0.15) is 17.7 Å². The highest BCUT2D eigenvalue weighted by atomic mass is 19.3. The summed E-state index contributed by atoms with van der Waals surface area (Å²) in [6, 6.07) is -0.551. The maximum Gasteiger partial charge on any atom is 0.379 e. The van der Waals surface area contributed by atoms with E-state index in [0.29, 0.717) is 0 Å². The molecule has 19 heavy (non-hydrogen) atoms. The van der Waals surface area contributed by atoms with Crippen LogP contribution in [0.2, 0.25) is 0 Å². The van der Waals surface area contributed by atoms with Gasteiger partial charge in [0.25, 0.3) is 0 Å². The Morgan fingerprint density at radius 3 is 2.53 bits per heavy atom. The van der Waals surface area contributed by atoms with Crippen LogP contribution in [0, 0.1) is 18.6 Å². The van der Waals surface area contributed by atoms with Crippen LogP contribution in [0.15, 0.2) is 12.1 Å². The van der Waals surface area contributed by atoms with E-state index in [9.17, 15) is 22.4 Å². The van der Waals surface area contributed by atoms with Crippen LogP contribution in [0.1, 0.15) is 24.1 Å². The predicted octanol–water partition coefficient (Wildman–Crippen LogP) is 2.47. The molecule has 1 atom stereocenters. The summed E-state index contributed by atoms with van der Waals surface area (Å²) in [6.45, 7) is 2.31. The van der Waals surface area contributed by atoms with Crippen LogP contribution in [0.25, 0.3) is 0 Å². The minimum atomic E-state index is -4.22. The van der Waals surface area contributed by atoms with Crippen molar-refractivity contribution < 1.29 is 27.1 Å². The summed E-state index contributed by atoms with van der Waals surface area (Å²) in [5.74, 6) is -8.57. The number of nitrogens with two attached hydrogens (primary N) is 1. The Morgan fingerprint density at radius 1 is 1.42 bits per heavy atom. The molecule has 0 amide bonds. The van der Waals surface area contributed by atoms with Gasteiger partial charge in [-0.15, -0.1) is 0 Å². The van der Waals surface area contributed by atoms with Crippen molar-refractivity contribution >= 4 is 5.97 Å². The van der Waals surface area contributed by atoms with Crippen molar-refractivity contribution in [3.63, 3.8) is 0 Å². The fraction of sp³-hybridized carbons (Fsp3) is 0.417. The lowest BCUT2D eigenvalue weighted by atomic mass is 9.98. The van der Waals surface area contributed by atoms with Gasteiger partial charge >= 0.3 is 11.9 Å². The molecule has 0 radical (unpaired) electrons. The average Bonchev–Trinajstić information content (AvgIpc) is 2.34. The van der Waals surface area contributed by atoms with Crippen LogP contribution >= 0.6 is 0 Å². The molecular formula is C12H13F4NO2. The maximum atomic E-state index is 13.7. The first-order chi connectivity index (χ1) is 8.73. The first-order valence-electron chi connectivity index (χ1n) is 5.48. The molecule has 0 bridgehead atoms. The number of benzene rings is 1. The Kier molecular flexibility index (Phi) is 4.52. The minimum absolute atomic E-state index is 0.0495. The van der Waals surface area contributed by atoms with Crippen molar-refractivity contribution in [1.29, 1.82) is 0 Å². The molecule has 0 unspecified atom stereocenters. The first-order valence-corrected chi connectivity index (χ1v) is 5.48. The molecule has 0 aliphatic carbocycles. The van der Waals surface area contributed by atoms with Crippen molar-refractivity contribution in [1.82, 2.24) is 0 Å². The Labute approximate surface area is 107 Å². The van der Waals surface area contributed by atoms with Crippen LogP contribution < -0.4 is 5.73 Å². The molecule has 106 valence electrons. The second kappa shape index (κ2) is 5.56. The van der Waals surface area contributed by atoms with Crippen LogP contribution in [-0.4, -0.2) is 18.5 Å². The van der Waals surface area contributed by atoms with E-state index >= 15 is 0 Å².